The second-order valence-corrected chi connectivity index (χ2v) is 9.96. The number of hydrogen-bond donors (Lipinski definition) is 1. The van der Waals surface area contributed by atoms with Crippen molar-refractivity contribution >= 4 is 38.1 Å². The van der Waals surface area contributed by atoms with Gasteiger partial charge in [-0.2, -0.15) is 4.31 Å². The number of non-ortho nitro benzene ring substituents is 1. The summed E-state index contributed by atoms with van der Waals surface area (Å²) in [6, 6.07) is 11.8. The minimum Gasteiger partial charge on any atom is -0.484 e. The van der Waals surface area contributed by atoms with Gasteiger partial charge in [0.25, 0.3) is 11.6 Å². The van der Waals surface area contributed by atoms with Gasteiger partial charge in [-0.15, -0.1) is 11.3 Å². The number of nitrogens with zero attached hydrogens (tertiary/aromatic N) is 3. The van der Waals surface area contributed by atoms with Crippen LogP contribution in [0.5, 0.6) is 5.75 Å². The van der Waals surface area contributed by atoms with Crippen LogP contribution in [0.4, 0.5) is 10.8 Å². The molecule has 34 heavy (non-hydrogen) atoms. The van der Waals surface area contributed by atoms with Crippen molar-refractivity contribution < 1.29 is 27.6 Å². The Morgan fingerprint density at radius 2 is 1.82 bits per heavy atom. The third-order valence-corrected chi connectivity index (χ3v) is 7.60. The molecular weight excluding hydrogens is 484 g/mol. The van der Waals surface area contributed by atoms with Crippen LogP contribution in [0.2, 0.25) is 0 Å². The number of hydrogen-bond acceptors (Lipinski definition) is 9. The number of thiazole rings is 1. The normalized spacial score (nSPS) is 14.5. The molecule has 0 radical (unpaired) electrons. The summed E-state index contributed by atoms with van der Waals surface area (Å²) in [7, 11) is -3.58. The van der Waals surface area contributed by atoms with E-state index in [1.165, 1.54) is 52.0 Å². The van der Waals surface area contributed by atoms with Gasteiger partial charge in [0.05, 0.1) is 28.7 Å². The number of nitro benzene ring substituents is 1. The minimum absolute atomic E-state index is 0.0705. The summed E-state index contributed by atoms with van der Waals surface area (Å²) in [6.45, 7) is 1.12. The van der Waals surface area contributed by atoms with Crippen LogP contribution < -0.4 is 10.1 Å². The van der Waals surface area contributed by atoms with Crippen molar-refractivity contribution in [3.63, 3.8) is 0 Å². The van der Waals surface area contributed by atoms with Crippen LogP contribution in [0, 0.1) is 10.1 Å². The standard InChI is InChI=1S/C21H20N4O7S2/c26-20(13-32-17-5-3-16(4-6-17)25(27)28)23-21-22-19(14-33-21)15-1-7-18(8-2-15)34(29,30)24-9-11-31-12-10-24/h1-8,14H,9-13H2,(H,22,23,26). The zero-order valence-corrected chi connectivity index (χ0v) is 19.4. The monoisotopic (exact) mass is 504 g/mol. The average Bonchev–Trinajstić information content (AvgIpc) is 3.32. The average molecular weight is 505 g/mol. The van der Waals surface area contributed by atoms with Crippen molar-refractivity contribution in [3.05, 3.63) is 64.0 Å². The van der Waals surface area contributed by atoms with E-state index in [1.807, 2.05) is 0 Å². The number of nitro groups is 1. The summed E-state index contributed by atoms with van der Waals surface area (Å²) in [5, 5.41) is 15.4. The van der Waals surface area contributed by atoms with Gasteiger partial charge < -0.3 is 9.47 Å². The van der Waals surface area contributed by atoms with Crippen molar-refractivity contribution in [2.45, 2.75) is 4.90 Å². The van der Waals surface area contributed by atoms with Crippen LogP contribution >= 0.6 is 11.3 Å². The fourth-order valence-corrected chi connectivity index (χ4v) is 5.31. The number of carbonyl (C=O) groups is 1. The number of aromatic nitrogens is 1. The molecule has 0 atom stereocenters. The summed E-state index contributed by atoms with van der Waals surface area (Å²) < 4.78 is 37.4. The molecule has 1 saturated heterocycles. The first-order valence-corrected chi connectivity index (χ1v) is 12.5. The number of sulfonamides is 1. The highest BCUT2D eigenvalue weighted by molar-refractivity contribution is 7.89. The van der Waals surface area contributed by atoms with E-state index >= 15 is 0 Å². The van der Waals surface area contributed by atoms with Crippen LogP contribution in [0.1, 0.15) is 0 Å². The first-order valence-electron chi connectivity index (χ1n) is 10.1. The van der Waals surface area contributed by atoms with E-state index in [0.29, 0.717) is 48.4 Å². The zero-order valence-electron chi connectivity index (χ0n) is 17.7. The fourth-order valence-electron chi connectivity index (χ4n) is 3.17. The second kappa shape index (κ2) is 10.3. The number of amides is 1. The molecule has 1 fully saturated rings. The van der Waals surface area contributed by atoms with Gasteiger partial charge in [-0.25, -0.2) is 13.4 Å². The molecule has 3 aromatic rings. The topological polar surface area (TPSA) is 141 Å². The van der Waals surface area contributed by atoms with E-state index in [4.69, 9.17) is 9.47 Å². The number of anilines is 1. The highest BCUT2D eigenvalue weighted by Gasteiger charge is 2.26. The Kier molecular flexibility index (Phi) is 7.17. The van der Waals surface area contributed by atoms with Gasteiger partial charge in [0.15, 0.2) is 11.7 Å². The molecule has 1 aliphatic heterocycles. The summed E-state index contributed by atoms with van der Waals surface area (Å²) >= 11 is 1.22. The van der Waals surface area contributed by atoms with E-state index in [9.17, 15) is 23.3 Å². The van der Waals surface area contributed by atoms with Gasteiger partial charge in [-0.05, 0) is 24.3 Å². The molecule has 1 N–H and O–H groups in total. The van der Waals surface area contributed by atoms with E-state index in [0.717, 1.165) is 0 Å². The molecule has 0 saturated carbocycles. The van der Waals surface area contributed by atoms with Crippen molar-refractivity contribution in [1.82, 2.24) is 9.29 Å². The molecule has 178 valence electrons. The highest BCUT2D eigenvalue weighted by atomic mass is 32.2. The van der Waals surface area contributed by atoms with Crippen LogP contribution in [0.25, 0.3) is 11.3 Å². The molecule has 0 aliphatic carbocycles. The lowest BCUT2D eigenvalue weighted by molar-refractivity contribution is -0.384. The number of carbonyl (C=O) groups excluding carboxylic acids is 1. The number of morpholine rings is 1. The van der Waals surface area contributed by atoms with Crippen LogP contribution in [0.15, 0.2) is 58.8 Å². The lowest BCUT2D eigenvalue weighted by atomic mass is 10.2. The van der Waals surface area contributed by atoms with Gasteiger partial charge in [0.2, 0.25) is 10.0 Å². The van der Waals surface area contributed by atoms with E-state index in [1.54, 1.807) is 17.5 Å². The minimum atomic E-state index is -3.58. The van der Waals surface area contributed by atoms with Crippen molar-refractivity contribution in [2.24, 2.45) is 0 Å². The van der Waals surface area contributed by atoms with Crippen molar-refractivity contribution in [3.8, 4) is 17.0 Å². The predicted octanol–water partition coefficient (Wildman–Crippen LogP) is 2.76. The quantitative estimate of drug-likeness (QED) is 0.365. The summed E-state index contributed by atoms with van der Waals surface area (Å²) in [6.07, 6.45) is 0. The molecule has 1 aromatic heterocycles. The second-order valence-electron chi connectivity index (χ2n) is 7.17. The molecule has 2 heterocycles. The fraction of sp³-hybridized carbons (Fsp3) is 0.238. The summed E-state index contributed by atoms with van der Waals surface area (Å²) in [4.78, 5) is 26.9. The lowest BCUT2D eigenvalue weighted by Gasteiger charge is -2.26. The number of nitrogens with one attached hydrogen (secondary N) is 1. The maximum Gasteiger partial charge on any atom is 0.269 e. The Bertz CT molecular complexity index is 1270. The maximum atomic E-state index is 12.7. The summed E-state index contributed by atoms with van der Waals surface area (Å²) in [5.41, 5.74) is 1.23. The first kappa shape index (κ1) is 23.8. The third kappa shape index (κ3) is 5.56. The molecular formula is C21H20N4O7S2. The SMILES string of the molecule is O=C(COc1ccc([N+](=O)[O-])cc1)Nc1nc(-c2ccc(S(=O)(=O)N3CCOCC3)cc2)cs1. The van der Waals surface area contributed by atoms with E-state index < -0.39 is 20.9 Å². The Labute approximate surface area is 199 Å². The number of rotatable bonds is 8. The Morgan fingerprint density at radius 1 is 1.15 bits per heavy atom. The lowest BCUT2D eigenvalue weighted by Crippen LogP contribution is -2.40. The molecule has 2 aromatic carbocycles. The van der Waals surface area contributed by atoms with Crippen molar-refractivity contribution in [2.75, 3.05) is 38.2 Å². The first-order chi connectivity index (χ1) is 16.3. The number of ether oxygens (including phenoxy) is 2. The molecule has 0 unspecified atom stereocenters. The van der Waals surface area contributed by atoms with Crippen LogP contribution in [-0.2, 0) is 19.6 Å². The Hall–Kier alpha value is -3.39. The maximum absolute atomic E-state index is 12.7. The predicted molar refractivity (Wildman–Crippen MR) is 124 cm³/mol. The summed E-state index contributed by atoms with van der Waals surface area (Å²) in [5.74, 6) is -0.112. The largest absolute Gasteiger partial charge is 0.484 e. The van der Waals surface area contributed by atoms with Gasteiger partial charge in [-0.3, -0.25) is 20.2 Å². The smallest absolute Gasteiger partial charge is 0.269 e. The highest BCUT2D eigenvalue weighted by Crippen LogP contribution is 2.27. The molecule has 13 heteroatoms. The van der Waals surface area contributed by atoms with Gasteiger partial charge in [0, 0.05) is 36.2 Å². The molecule has 0 bridgehead atoms. The molecule has 1 aliphatic rings. The van der Waals surface area contributed by atoms with Crippen LogP contribution in [-0.4, -0.2) is 61.4 Å². The van der Waals surface area contributed by atoms with Gasteiger partial charge >= 0.3 is 0 Å². The molecule has 1 amide bonds. The van der Waals surface area contributed by atoms with Crippen molar-refractivity contribution in [1.29, 1.82) is 0 Å². The number of benzene rings is 2. The molecule has 0 spiro atoms. The van der Waals surface area contributed by atoms with Gasteiger partial charge in [0.1, 0.15) is 5.75 Å². The zero-order chi connectivity index (χ0) is 24.1. The van der Waals surface area contributed by atoms with Crippen LogP contribution in [0.3, 0.4) is 0 Å². The van der Waals surface area contributed by atoms with Gasteiger partial charge in [-0.1, -0.05) is 12.1 Å². The van der Waals surface area contributed by atoms with E-state index in [-0.39, 0.29) is 17.2 Å². The Balaban J connectivity index is 1.34. The Morgan fingerprint density at radius 3 is 2.47 bits per heavy atom. The molecule has 4 rings (SSSR count). The molecule has 11 nitrogen and oxygen atoms in total. The van der Waals surface area contributed by atoms with E-state index in [2.05, 4.69) is 10.3 Å². The third-order valence-electron chi connectivity index (χ3n) is 4.93.